The number of nitrogens with zero attached hydrogens (tertiary/aromatic N) is 1. The third-order valence-electron chi connectivity index (χ3n) is 3.47. The third-order valence-corrected chi connectivity index (χ3v) is 3.72. The maximum absolute atomic E-state index is 12.0. The van der Waals surface area contributed by atoms with Gasteiger partial charge in [-0.25, -0.2) is 9.59 Å². The van der Waals surface area contributed by atoms with Crippen LogP contribution in [-0.4, -0.2) is 60.5 Å². The van der Waals surface area contributed by atoms with E-state index in [1.807, 2.05) is 0 Å². The number of amides is 2. The van der Waals surface area contributed by atoms with E-state index in [1.165, 1.54) is 18.9 Å². The molecule has 1 saturated heterocycles. The number of hydrogen-bond acceptors (Lipinski definition) is 5. The first kappa shape index (κ1) is 17.4. The van der Waals surface area contributed by atoms with Crippen LogP contribution in [0, 0.1) is 0 Å². The van der Waals surface area contributed by atoms with Crippen LogP contribution in [0.2, 0.25) is 5.02 Å². The molecule has 1 aliphatic heterocycles. The number of benzene rings is 1. The summed E-state index contributed by atoms with van der Waals surface area (Å²) >= 11 is 5.80. The van der Waals surface area contributed by atoms with Gasteiger partial charge in [0, 0.05) is 5.02 Å². The maximum atomic E-state index is 12.0. The molecule has 2 rings (SSSR count). The van der Waals surface area contributed by atoms with Crippen molar-refractivity contribution in [1.29, 1.82) is 0 Å². The van der Waals surface area contributed by atoms with Crippen LogP contribution in [0.25, 0.3) is 0 Å². The molecule has 0 aromatic heterocycles. The van der Waals surface area contributed by atoms with E-state index in [0.717, 1.165) is 0 Å². The van der Waals surface area contributed by atoms with Crippen LogP contribution in [0.3, 0.4) is 0 Å². The normalized spacial score (nSPS) is 17.0. The van der Waals surface area contributed by atoms with Gasteiger partial charge < -0.3 is 24.8 Å². The van der Waals surface area contributed by atoms with Gasteiger partial charge in [-0.3, -0.25) is 0 Å². The maximum Gasteiger partial charge on any atom is 0.331 e. The first-order valence-corrected chi connectivity index (χ1v) is 7.52. The lowest BCUT2D eigenvalue weighted by molar-refractivity contribution is -0.145. The molecule has 0 saturated carbocycles. The molecule has 2 amide bonds. The van der Waals surface area contributed by atoms with Gasteiger partial charge >= 0.3 is 12.0 Å². The Labute approximate surface area is 139 Å². The van der Waals surface area contributed by atoms with E-state index in [2.05, 4.69) is 10.1 Å². The summed E-state index contributed by atoms with van der Waals surface area (Å²) in [6, 6.07) is 5.42. The number of ether oxygens (including phenoxy) is 2. The van der Waals surface area contributed by atoms with Gasteiger partial charge in [-0.2, -0.15) is 0 Å². The molecule has 1 unspecified atom stereocenters. The van der Waals surface area contributed by atoms with Crippen molar-refractivity contribution in [2.75, 3.05) is 20.2 Å². The first-order valence-electron chi connectivity index (χ1n) is 7.14. The van der Waals surface area contributed by atoms with E-state index < -0.39 is 24.1 Å². The van der Waals surface area contributed by atoms with E-state index in [0.29, 0.717) is 23.9 Å². The summed E-state index contributed by atoms with van der Waals surface area (Å²) in [7, 11) is 1.20. The quantitative estimate of drug-likeness (QED) is 0.780. The molecule has 1 aromatic carbocycles. The zero-order valence-corrected chi connectivity index (χ0v) is 13.6. The molecule has 2 atom stereocenters. The Morgan fingerprint density at radius 1 is 1.35 bits per heavy atom. The van der Waals surface area contributed by atoms with Crippen molar-refractivity contribution in [3.8, 4) is 5.75 Å². The van der Waals surface area contributed by atoms with Crippen molar-refractivity contribution < 1.29 is 24.2 Å². The van der Waals surface area contributed by atoms with E-state index in [1.54, 1.807) is 24.3 Å². The smallest absolute Gasteiger partial charge is 0.331 e. The second-order valence-corrected chi connectivity index (χ2v) is 5.73. The minimum atomic E-state index is -1.09. The van der Waals surface area contributed by atoms with Gasteiger partial charge in [0.15, 0.2) is 6.04 Å². The number of likely N-dealkylation sites (tertiary alicyclic amines) is 1. The molecular weight excluding hydrogens is 324 g/mol. The standard InChI is InChI=1S/C15H19ClN2O5/c1-9(19)13(14(20)22-2)17-15(21)18-7-12(8-18)23-11-5-3-10(16)4-6-11/h3-6,9,12-13,19H,7-8H2,1-2H3,(H,17,21)/t9?,13-/m0/s1. The second-order valence-electron chi connectivity index (χ2n) is 5.29. The summed E-state index contributed by atoms with van der Waals surface area (Å²) in [5.41, 5.74) is 0. The van der Waals surface area contributed by atoms with Crippen LogP contribution >= 0.6 is 11.6 Å². The number of aliphatic hydroxyl groups is 1. The Bertz CT molecular complexity index is 557. The zero-order chi connectivity index (χ0) is 17.0. The number of hydrogen-bond donors (Lipinski definition) is 2. The average Bonchev–Trinajstić information content (AvgIpc) is 2.48. The van der Waals surface area contributed by atoms with Crippen LogP contribution in [0.5, 0.6) is 5.75 Å². The molecule has 1 heterocycles. The molecule has 7 nitrogen and oxygen atoms in total. The highest BCUT2D eigenvalue weighted by Gasteiger charge is 2.35. The Kier molecular flexibility index (Phi) is 5.68. The fraction of sp³-hybridized carbons (Fsp3) is 0.467. The van der Waals surface area contributed by atoms with Crippen molar-refractivity contribution in [1.82, 2.24) is 10.2 Å². The summed E-state index contributed by atoms with van der Waals surface area (Å²) in [5.74, 6) is -0.0151. The molecule has 0 bridgehead atoms. The number of carbonyl (C=O) groups excluding carboxylic acids is 2. The Morgan fingerprint density at radius 3 is 2.48 bits per heavy atom. The number of esters is 1. The summed E-state index contributed by atoms with van der Waals surface area (Å²) < 4.78 is 10.2. The highest BCUT2D eigenvalue weighted by molar-refractivity contribution is 6.30. The lowest BCUT2D eigenvalue weighted by atomic mass is 10.1. The molecule has 2 N–H and O–H groups in total. The molecule has 0 aliphatic carbocycles. The molecular formula is C15H19ClN2O5. The van der Waals surface area contributed by atoms with Crippen molar-refractivity contribution >= 4 is 23.6 Å². The number of halogens is 1. The summed E-state index contributed by atoms with van der Waals surface area (Å²) in [5, 5.41) is 12.6. The molecule has 0 spiro atoms. The average molecular weight is 343 g/mol. The van der Waals surface area contributed by atoms with Crippen molar-refractivity contribution in [2.24, 2.45) is 0 Å². The van der Waals surface area contributed by atoms with Crippen LogP contribution in [0.4, 0.5) is 4.79 Å². The fourth-order valence-electron chi connectivity index (χ4n) is 2.11. The molecule has 1 fully saturated rings. The van der Waals surface area contributed by atoms with Crippen molar-refractivity contribution in [3.63, 3.8) is 0 Å². The van der Waals surface area contributed by atoms with Crippen LogP contribution < -0.4 is 10.1 Å². The van der Waals surface area contributed by atoms with Gasteiger partial charge in [-0.05, 0) is 31.2 Å². The van der Waals surface area contributed by atoms with Gasteiger partial charge in [0.1, 0.15) is 11.9 Å². The minimum Gasteiger partial charge on any atom is -0.487 e. The first-order chi connectivity index (χ1) is 10.9. The highest BCUT2D eigenvalue weighted by Crippen LogP contribution is 2.20. The van der Waals surface area contributed by atoms with Crippen molar-refractivity contribution in [3.05, 3.63) is 29.3 Å². The molecule has 0 radical (unpaired) electrons. The van der Waals surface area contributed by atoms with Crippen LogP contribution in [0.1, 0.15) is 6.92 Å². The minimum absolute atomic E-state index is 0.120. The Morgan fingerprint density at radius 2 is 1.96 bits per heavy atom. The van der Waals surface area contributed by atoms with Crippen LogP contribution in [-0.2, 0) is 9.53 Å². The summed E-state index contributed by atoms with van der Waals surface area (Å²) in [6.45, 7) is 2.19. The number of urea groups is 1. The number of rotatable bonds is 5. The van der Waals surface area contributed by atoms with Gasteiger partial charge in [-0.1, -0.05) is 11.6 Å². The molecule has 23 heavy (non-hydrogen) atoms. The topological polar surface area (TPSA) is 88.1 Å². The van der Waals surface area contributed by atoms with E-state index >= 15 is 0 Å². The Hall–Kier alpha value is -1.99. The van der Waals surface area contributed by atoms with E-state index in [9.17, 15) is 14.7 Å². The second kappa shape index (κ2) is 7.52. The lowest BCUT2D eigenvalue weighted by Crippen LogP contribution is -2.62. The fourth-order valence-corrected chi connectivity index (χ4v) is 2.24. The number of nitrogens with one attached hydrogen (secondary N) is 1. The van der Waals surface area contributed by atoms with Crippen LogP contribution in [0.15, 0.2) is 24.3 Å². The highest BCUT2D eigenvalue weighted by atomic mass is 35.5. The summed E-state index contributed by atoms with van der Waals surface area (Å²) in [4.78, 5) is 25.0. The van der Waals surface area contributed by atoms with Crippen molar-refractivity contribution in [2.45, 2.75) is 25.2 Å². The molecule has 8 heteroatoms. The van der Waals surface area contributed by atoms with E-state index in [-0.39, 0.29) is 6.10 Å². The molecule has 1 aromatic rings. The Balaban J connectivity index is 1.80. The number of aliphatic hydroxyl groups excluding tert-OH is 1. The summed E-state index contributed by atoms with van der Waals surface area (Å²) in [6.07, 6.45) is -1.17. The largest absolute Gasteiger partial charge is 0.487 e. The van der Waals surface area contributed by atoms with Gasteiger partial charge in [0.05, 0.1) is 26.3 Å². The van der Waals surface area contributed by atoms with E-state index in [4.69, 9.17) is 16.3 Å². The van der Waals surface area contributed by atoms with Gasteiger partial charge in [0.2, 0.25) is 0 Å². The van der Waals surface area contributed by atoms with Gasteiger partial charge in [0.25, 0.3) is 0 Å². The molecule has 1 aliphatic rings. The number of methoxy groups -OCH3 is 1. The zero-order valence-electron chi connectivity index (χ0n) is 12.9. The third kappa shape index (κ3) is 4.49. The van der Waals surface area contributed by atoms with Gasteiger partial charge in [-0.15, -0.1) is 0 Å². The number of carbonyl (C=O) groups is 2. The lowest BCUT2D eigenvalue weighted by Gasteiger charge is -2.39. The molecule has 126 valence electrons. The predicted molar refractivity (Wildman–Crippen MR) is 83.5 cm³/mol. The predicted octanol–water partition coefficient (Wildman–Crippen LogP) is 1.03. The SMILES string of the molecule is COC(=O)[C@@H](NC(=O)N1CC(Oc2ccc(Cl)cc2)C1)C(C)O. The monoisotopic (exact) mass is 342 g/mol.